The Labute approximate surface area is 125 Å². The summed E-state index contributed by atoms with van der Waals surface area (Å²) >= 11 is 0. The van der Waals surface area contributed by atoms with E-state index in [2.05, 4.69) is 20.8 Å². The summed E-state index contributed by atoms with van der Waals surface area (Å²) < 4.78 is 16.8. The first kappa shape index (κ1) is 20.4. The van der Waals surface area contributed by atoms with Crippen LogP contribution >= 0.6 is 8.60 Å². The molecule has 106 valence electrons. The average Bonchev–Trinajstić information content (AvgIpc) is 2.29. The number of rotatable bonds is 12. The zero-order valence-corrected chi connectivity index (χ0v) is 11.9. The molecule has 0 aliphatic heterocycles. The summed E-state index contributed by atoms with van der Waals surface area (Å²) in [5.74, 6) is 0. The van der Waals surface area contributed by atoms with Crippen molar-refractivity contribution in [2.45, 2.75) is 59.3 Å². The Morgan fingerprint density at radius 1 is 0.647 bits per heavy atom. The molecular weight excluding hydrogens is 342 g/mol. The summed E-state index contributed by atoms with van der Waals surface area (Å²) in [5, 5.41) is 0. The van der Waals surface area contributed by atoms with Gasteiger partial charge in [-0.1, -0.05) is 40.0 Å². The fourth-order valence-electron chi connectivity index (χ4n) is 0.962. The molecule has 0 spiro atoms. The molecule has 0 aromatic rings. The van der Waals surface area contributed by atoms with E-state index in [0.717, 1.165) is 58.3 Å². The van der Waals surface area contributed by atoms with Crippen molar-refractivity contribution in [1.29, 1.82) is 0 Å². The van der Waals surface area contributed by atoms with Gasteiger partial charge in [0.2, 0.25) is 0 Å². The van der Waals surface area contributed by atoms with Crippen molar-refractivity contribution in [2.24, 2.45) is 0 Å². The van der Waals surface area contributed by atoms with Gasteiger partial charge in [-0.25, -0.2) is 0 Å². The van der Waals surface area contributed by atoms with Crippen LogP contribution in [0.15, 0.2) is 0 Å². The third-order valence-corrected chi connectivity index (χ3v) is 3.26. The van der Waals surface area contributed by atoms with E-state index in [1.54, 1.807) is 0 Å². The fourth-order valence-corrected chi connectivity index (χ4v) is 2.02. The van der Waals surface area contributed by atoms with Crippen molar-refractivity contribution < 1.29 is 13.6 Å². The van der Waals surface area contributed by atoms with Crippen LogP contribution in [-0.2, 0) is 13.6 Å². The van der Waals surface area contributed by atoms with Gasteiger partial charge < -0.3 is 13.6 Å². The molecule has 0 radical (unpaired) electrons. The van der Waals surface area contributed by atoms with Crippen molar-refractivity contribution in [3.05, 3.63) is 0 Å². The zero-order chi connectivity index (χ0) is 12.1. The van der Waals surface area contributed by atoms with Crippen LogP contribution in [0.5, 0.6) is 0 Å². The monoisotopic (exact) mass is 374 g/mol. The van der Waals surface area contributed by atoms with Crippen molar-refractivity contribution in [3.63, 3.8) is 0 Å². The first-order valence-corrected chi connectivity index (χ1v) is 7.63. The molecule has 0 aromatic carbocycles. The maximum absolute atomic E-state index is 5.60. The Hall–Kier alpha value is 1.11. The van der Waals surface area contributed by atoms with Crippen LogP contribution < -0.4 is 0 Å². The van der Waals surface area contributed by atoms with Gasteiger partial charge in [-0.3, -0.25) is 0 Å². The molecule has 0 amide bonds. The van der Waals surface area contributed by atoms with E-state index < -0.39 is 8.60 Å². The molecule has 0 saturated heterocycles. The van der Waals surface area contributed by atoms with Crippen molar-refractivity contribution in [1.82, 2.24) is 0 Å². The zero-order valence-electron chi connectivity index (χ0n) is 11.0. The molecule has 0 saturated carbocycles. The fraction of sp³-hybridized carbons (Fsp3) is 1.00. The predicted molar refractivity (Wildman–Crippen MR) is 80.8 cm³/mol. The number of unbranched alkanes of at least 4 members (excludes halogenated alkanes) is 3. The van der Waals surface area contributed by atoms with Crippen LogP contribution in [0.3, 0.4) is 0 Å². The quantitative estimate of drug-likeness (QED) is 0.299. The van der Waals surface area contributed by atoms with Crippen molar-refractivity contribution in [2.75, 3.05) is 19.8 Å². The van der Waals surface area contributed by atoms with E-state index >= 15 is 0 Å². The van der Waals surface area contributed by atoms with Gasteiger partial charge in [0.15, 0.2) is 0 Å². The van der Waals surface area contributed by atoms with E-state index in [1.807, 2.05) is 0 Å². The summed E-state index contributed by atoms with van der Waals surface area (Å²) in [6.07, 6.45) is 6.67. The second-order valence-corrected chi connectivity index (χ2v) is 5.01. The standard InChI is InChI=1S/C12H27O3P.Sn.4H/c1-4-7-10-13-16(14-11-8-5-2)15-12-9-6-3;;;;;/h4-12H2,1-3H3;;;;;. The molecule has 5 heteroatoms. The molecule has 0 fully saturated rings. The molecule has 0 unspecified atom stereocenters. The van der Waals surface area contributed by atoms with Crippen LogP contribution in [0.25, 0.3) is 0 Å². The molecular formula is C12H31O3PSn. The second kappa shape index (κ2) is 17.1. The Kier molecular flexibility index (Phi) is 20.6. The molecule has 0 aliphatic rings. The molecule has 0 aliphatic carbocycles. The van der Waals surface area contributed by atoms with E-state index in [-0.39, 0.29) is 23.9 Å². The molecule has 0 atom stereocenters. The summed E-state index contributed by atoms with van der Waals surface area (Å²) in [6.45, 7) is 8.71. The Morgan fingerprint density at radius 3 is 1.18 bits per heavy atom. The number of hydrogen-bond donors (Lipinski definition) is 0. The van der Waals surface area contributed by atoms with Crippen molar-refractivity contribution in [3.8, 4) is 0 Å². The first-order valence-electron chi connectivity index (χ1n) is 6.54. The molecule has 3 nitrogen and oxygen atoms in total. The van der Waals surface area contributed by atoms with E-state index in [9.17, 15) is 0 Å². The molecule has 0 bridgehead atoms. The minimum absolute atomic E-state index is 0. The average molecular weight is 373 g/mol. The third kappa shape index (κ3) is 15.1. The molecule has 0 heterocycles. The third-order valence-electron chi connectivity index (χ3n) is 2.08. The SMILES string of the molecule is CCCCOP(OCCCC)OCCCC.[SnH4]. The van der Waals surface area contributed by atoms with Gasteiger partial charge in [0.05, 0.1) is 19.8 Å². The van der Waals surface area contributed by atoms with Gasteiger partial charge in [0.25, 0.3) is 0 Å². The van der Waals surface area contributed by atoms with Gasteiger partial charge in [0, 0.05) is 0 Å². The molecule has 17 heavy (non-hydrogen) atoms. The summed E-state index contributed by atoms with van der Waals surface area (Å²) in [4.78, 5) is 0. The van der Waals surface area contributed by atoms with Gasteiger partial charge in [0.1, 0.15) is 0 Å². The Balaban J connectivity index is 0. The Morgan fingerprint density at radius 2 is 0.941 bits per heavy atom. The van der Waals surface area contributed by atoms with Crippen LogP contribution in [0, 0.1) is 0 Å². The number of hydrogen-bond acceptors (Lipinski definition) is 3. The summed E-state index contributed by atoms with van der Waals surface area (Å²) in [6, 6.07) is 0. The molecule has 0 N–H and O–H groups in total. The van der Waals surface area contributed by atoms with Crippen LogP contribution in [0.2, 0.25) is 0 Å². The van der Waals surface area contributed by atoms with Crippen LogP contribution in [0.4, 0.5) is 0 Å². The van der Waals surface area contributed by atoms with Gasteiger partial charge in [-0.05, 0) is 19.3 Å². The second-order valence-electron chi connectivity index (χ2n) is 3.78. The van der Waals surface area contributed by atoms with Crippen LogP contribution in [0.1, 0.15) is 59.3 Å². The predicted octanol–water partition coefficient (Wildman–Crippen LogP) is 3.21. The van der Waals surface area contributed by atoms with Crippen molar-refractivity contribution >= 4 is 32.5 Å². The van der Waals surface area contributed by atoms with Gasteiger partial charge >= 0.3 is 32.5 Å². The summed E-state index contributed by atoms with van der Waals surface area (Å²) in [5.41, 5.74) is 0. The topological polar surface area (TPSA) is 27.7 Å². The Bertz CT molecular complexity index is 115. The van der Waals surface area contributed by atoms with Gasteiger partial charge in [-0.2, -0.15) is 0 Å². The summed E-state index contributed by atoms with van der Waals surface area (Å²) in [7, 11) is -1.10. The minimum atomic E-state index is -1.10. The van der Waals surface area contributed by atoms with Gasteiger partial charge in [-0.15, -0.1) is 0 Å². The van der Waals surface area contributed by atoms with E-state index in [0.29, 0.717) is 0 Å². The van der Waals surface area contributed by atoms with E-state index in [4.69, 9.17) is 13.6 Å². The van der Waals surface area contributed by atoms with Crippen LogP contribution in [-0.4, -0.2) is 43.7 Å². The molecule has 0 aromatic heterocycles. The maximum atomic E-state index is 5.60. The first-order chi connectivity index (χ1) is 7.85. The molecule has 0 rings (SSSR count). The van der Waals surface area contributed by atoms with E-state index in [1.165, 1.54) is 0 Å². The normalized spacial score (nSPS) is 10.6.